The molecule has 3 aromatic carbocycles. The zero-order valence-electron chi connectivity index (χ0n) is 34.0. The quantitative estimate of drug-likeness (QED) is 0.0282. The predicted molar refractivity (Wildman–Crippen MR) is 213 cm³/mol. The van der Waals surface area contributed by atoms with Crippen LogP contribution in [-0.4, -0.2) is 167 Å². The van der Waals surface area contributed by atoms with Gasteiger partial charge in [-0.3, -0.25) is 24.0 Å². The number of rotatable bonds is 19. The highest BCUT2D eigenvalue weighted by molar-refractivity contribution is 6.04. The van der Waals surface area contributed by atoms with E-state index in [-0.39, 0.29) is 58.2 Å². The molecule has 0 bridgehead atoms. The topological polar surface area (TPSA) is 382 Å². The van der Waals surface area contributed by atoms with Crippen LogP contribution in [0.25, 0.3) is 0 Å². The molecular weight excluding hydrogens is 872 g/mol. The van der Waals surface area contributed by atoms with Gasteiger partial charge in [0, 0.05) is 12.1 Å². The first-order valence-corrected chi connectivity index (χ1v) is 19.2. The minimum atomic E-state index is -2.01. The van der Waals surface area contributed by atoms with Crippen molar-refractivity contribution in [3.8, 4) is 34.5 Å². The number of para-hydroxylation sites is 2. The van der Waals surface area contributed by atoms with E-state index in [0.29, 0.717) is 0 Å². The number of hydrogen-bond donors (Lipinski definition) is 11. The lowest BCUT2D eigenvalue weighted by atomic mass is 10.1. The minimum Gasteiger partial charge on any atom is -0.504 e. The van der Waals surface area contributed by atoms with Gasteiger partial charge in [-0.15, -0.1) is 0 Å². The fraction of sp³-hybridized carbons (Fsp3) is 0.350. The van der Waals surface area contributed by atoms with E-state index in [4.69, 9.17) is 33.5 Å². The molecule has 1 saturated heterocycles. The number of hydrogen-bond acceptors (Lipinski definition) is 20. The molecule has 0 spiro atoms. The van der Waals surface area contributed by atoms with Crippen LogP contribution in [0.3, 0.4) is 0 Å². The molecule has 0 saturated carbocycles. The Kier molecular flexibility index (Phi) is 18.4. The van der Waals surface area contributed by atoms with E-state index in [0.717, 1.165) is 36.4 Å². The van der Waals surface area contributed by atoms with E-state index in [1.165, 1.54) is 12.1 Å². The van der Waals surface area contributed by atoms with Crippen LogP contribution in [0, 0.1) is 0 Å². The van der Waals surface area contributed by atoms with E-state index < -0.39 is 137 Å². The van der Waals surface area contributed by atoms with E-state index in [2.05, 4.69) is 21.3 Å². The Labute approximate surface area is 366 Å². The van der Waals surface area contributed by atoms with Crippen LogP contribution < -0.4 is 21.3 Å². The van der Waals surface area contributed by atoms with Crippen molar-refractivity contribution in [2.45, 2.75) is 24.5 Å². The summed E-state index contributed by atoms with van der Waals surface area (Å²) in [5.41, 5.74) is -2.19. The summed E-state index contributed by atoms with van der Waals surface area (Å²) in [5.74, 6) is -15.0. The van der Waals surface area contributed by atoms with Gasteiger partial charge in [-0.05, 0) is 36.4 Å². The maximum atomic E-state index is 13.6. The molecule has 3 aromatic rings. The molecule has 3 unspecified atom stereocenters. The zero-order valence-corrected chi connectivity index (χ0v) is 34.0. The SMILES string of the molecule is O=C(O)CCOCCOCCOCCNC(=O)c1cc(O)c(O)c(C(=O)NC2COC(=O)C(NC(=O)c3cccc(O)c3O)COC(=O)C(NC(=O)c3cccc(O)c3O)COC2=O)c1. The van der Waals surface area contributed by atoms with Crippen molar-refractivity contribution >= 4 is 47.5 Å². The maximum Gasteiger partial charge on any atom is 0.332 e. The number of phenols is 6. The van der Waals surface area contributed by atoms with Gasteiger partial charge in [-0.2, -0.15) is 0 Å². The highest BCUT2D eigenvalue weighted by Crippen LogP contribution is 2.31. The summed E-state index contributed by atoms with van der Waals surface area (Å²) in [5, 5.41) is 78.5. The molecule has 1 fully saturated rings. The number of aliphatic carboxylic acids is 1. The van der Waals surface area contributed by atoms with Crippen LogP contribution in [0.15, 0.2) is 48.5 Å². The number of carboxylic acid groups (broad SMARTS) is 1. The lowest BCUT2D eigenvalue weighted by Gasteiger charge is -2.25. The predicted octanol–water partition coefficient (Wildman–Crippen LogP) is -1.49. The fourth-order valence-electron chi connectivity index (χ4n) is 5.40. The summed E-state index contributed by atoms with van der Waals surface area (Å²) >= 11 is 0. The van der Waals surface area contributed by atoms with Crippen LogP contribution in [0.4, 0.5) is 0 Å². The Balaban J connectivity index is 1.47. The standard InChI is InChI=1S/C40H44N4O21/c45-27-5-1-3-21(31(27)50)35(54)42-24-17-63-38(57)25(43-36(55)22-4-2-6-28(46)32(22)51)18-64-40(59)26(19-65-39(24)58)44-37(56)23-15-20(16-29(47)33(23)52)34(53)41-8-10-61-12-14-62-13-11-60-9-7-30(48)49/h1-6,15-16,24-26,45-47,50-52H,7-14,17-19H2,(H,41,53)(H,42,54)(H,43,55)(H,44,56)(H,48,49). The lowest BCUT2D eigenvalue weighted by molar-refractivity contribution is -0.160. The number of aromatic hydroxyl groups is 6. The number of carbonyl (C=O) groups excluding carboxylic acids is 7. The number of carboxylic acids is 1. The van der Waals surface area contributed by atoms with Gasteiger partial charge < -0.3 is 85.4 Å². The largest absolute Gasteiger partial charge is 0.504 e. The molecule has 350 valence electrons. The Bertz CT molecular complexity index is 2190. The number of carbonyl (C=O) groups is 8. The second kappa shape index (κ2) is 24.1. The first kappa shape index (κ1) is 49.8. The third-order valence-electron chi connectivity index (χ3n) is 8.80. The van der Waals surface area contributed by atoms with Gasteiger partial charge in [0.15, 0.2) is 52.6 Å². The smallest absolute Gasteiger partial charge is 0.332 e. The third kappa shape index (κ3) is 14.6. The summed E-state index contributed by atoms with van der Waals surface area (Å²) < 4.78 is 31.2. The van der Waals surface area contributed by atoms with Gasteiger partial charge in [0.1, 0.15) is 19.8 Å². The van der Waals surface area contributed by atoms with Crippen molar-refractivity contribution < 1.29 is 103 Å². The van der Waals surface area contributed by atoms with E-state index in [1.807, 2.05) is 0 Å². The zero-order chi connectivity index (χ0) is 47.6. The van der Waals surface area contributed by atoms with Gasteiger partial charge in [0.05, 0.1) is 62.8 Å². The monoisotopic (exact) mass is 916 g/mol. The Morgan fingerprint density at radius 3 is 1.37 bits per heavy atom. The van der Waals surface area contributed by atoms with Gasteiger partial charge in [0.2, 0.25) is 0 Å². The number of esters is 3. The molecule has 1 aliphatic heterocycles. The van der Waals surface area contributed by atoms with E-state index in [9.17, 15) is 69.0 Å². The highest BCUT2D eigenvalue weighted by Gasteiger charge is 2.35. The number of phenolic OH excluding ortho intramolecular Hbond substituents is 6. The Morgan fingerprint density at radius 1 is 0.523 bits per heavy atom. The summed E-state index contributed by atoms with van der Waals surface area (Å²) in [6.45, 7) is -2.53. The maximum absolute atomic E-state index is 13.6. The molecule has 4 rings (SSSR count). The fourth-order valence-corrected chi connectivity index (χ4v) is 5.40. The van der Waals surface area contributed by atoms with Crippen LogP contribution in [0.5, 0.6) is 34.5 Å². The van der Waals surface area contributed by atoms with Crippen molar-refractivity contribution in [1.82, 2.24) is 21.3 Å². The van der Waals surface area contributed by atoms with E-state index >= 15 is 0 Å². The molecule has 0 radical (unpaired) electrons. The molecule has 25 heteroatoms. The summed E-state index contributed by atoms with van der Waals surface area (Å²) in [4.78, 5) is 103. The number of amides is 4. The summed E-state index contributed by atoms with van der Waals surface area (Å²) in [6.07, 6.45) is -0.140. The Hall–Kier alpha value is -7.90. The molecule has 4 amide bonds. The van der Waals surface area contributed by atoms with E-state index in [1.54, 1.807) is 0 Å². The third-order valence-corrected chi connectivity index (χ3v) is 8.80. The molecule has 3 atom stereocenters. The molecule has 0 aliphatic carbocycles. The Morgan fingerprint density at radius 2 is 0.923 bits per heavy atom. The summed E-state index contributed by atoms with van der Waals surface area (Å²) in [7, 11) is 0. The average Bonchev–Trinajstić information content (AvgIpc) is 3.27. The molecule has 11 N–H and O–H groups in total. The highest BCUT2D eigenvalue weighted by atomic mass is 16.6. The average molecular weight is 917 g/mol. The number of ether oxygens (including phenoxy) is 6. The van der Waals surface area contributed by atoms with Crippen LogP contribution in [0.1, 0.15) is 47.9 Å². The normalized spacial score (nSPS) is 16.6. The first-order chi connectivity index (χ1) is 31.0. The van der Waals surface area contributed by atoms with Crippen LogP contribution in [0.2, 0.25) is 0 Å². The van der Waals surface area contributed by atoms with Crippen molar-refractivity contribution in [3.63, 3.8) is 0 Å². The van der Waals surface area contributed by atoms with Gasteiger partial charge in [-0.25, -0.2) is 14.4 Å². The number of benzene rings is 3. The molecular formula is C40H44N4O21. The van der Waals surface area contributed by atoms with Gasteiger partial charge in [-0.1, -0.05) is 12.1 Å². The second-order valence-electron chi connectivity index (χ2n) is 13.4. The van der Waals surface area contributed by atoms with Crippen LogP contribution in [-0.2, 0) is 47.6 Å². The molecule has 1 heterocycles. The van der Waals surface area contributed by atoms with Crippen molar-refractivity contribution in [3.05, 3.63) is 70.8 Å². The van der Waals surface area contributed by atoms with Crippen LogP contribution >= 0.6 is 0 Å². The molecule has 25 nitrogen and oxygen atoms in total. The number of cyclic esters (lactones) is 3. The van der Waals surface area contributed by atoms with Crippen molar-refractivity contribution in [2.24, 2.45) is 0 Å². The molecule has 0 aromatic heterocycles. The van der Waals surface area contributed by atoms with Crippen molar-refractivity contribution in [1.29, 1.82) is 0 Å². The lowest BCUT2D eigenvalue weighted by Crippen LogP contribution is -2.52. The summed E-state index contributed by atoms with van der Waals surface area (Å²) in [6, 6.07) is 2.42. The second-order valence-corrected chi connectivity index (χ2v) is 13.4. The van der Waals surface area contributed by atoms with Crippen molar-refractivity contribution in [2.75, 3.05) is 66.0 Å². The molecule has 1 aliphatic rings. The van der Waals surface area contributed by atoms with Gasteiger partial charge >= 0.3 is 23.9 Å². The first-order valence-electron chi connectivity index (χ1n) is 19.2. The molecule has 65 heavy (non-hydrogen) atoms. The number of nitrogens with one attached hydrogen (secondary N) is 4. The minimum absolute atomic E-state index is 0.00638. The van der Waals surface area contributed by atoms with Gasteiger partial charge in [0.25, 0.3) is 23.6 Å².